The van der Waals surface area contributed by atoms with Gasteiger partial charge in [0, 0.05) is 10.6 Å². The second kappa shape index (κ2) is 4.32. The SMILES string of the molecule is Cc1cc(C(=O)Nc2ccc(O)cc2)ns1. The molecule has 5 heteroatoms. The number of benzene rings is 1. The third kappa shape index (κ3) is 2.38. The van der Waals surface area contributed by atoms with Crippen molar-refractivity contribution in [2.24, 2.45) is 0 Å². The molecule has 0 aliphatic heterocycles. The van der Waals surface area contributed by atoms with Crippen molar-refractivity contribution in [1.29, 1.82) is 0 Å². The van der Waals surface area contributed by atoms with Crippen LogP contribution in [0.3, 0.4) is 0 Å². The first-order chi connectivity index (χ1) is 7.65. The van der Waals surface area contributed by atoms with Gasteiger partial charge in [-0.25, -0.2) is 0 Å². The van der Waals surface area contributed by atoms with Gasteiger partial charge in [0.05, 0.1) is 0 Å². The smallest absolute Gasteiger partial charge is 0.275 e. The minimum Gasteiger partial charge on any atom is -0.508 e. The van der Waals surface area contributed by atoms with Crippen LogP contribution in [0.4, 0.5) is 5.69 Å². The van der Waals surface area contributed by atoms with E-state index in [9.17, 15) is 4.79 Å². The molecule has 82 valence electrons. The van der Waals surface area contributed by atoms with Crippen LogP contribution >= 0.6 is 11.5 Å². The number of nitrogens with zero attached hydrogens (tertiary/aromatic N) is 1. The van der Waals surface area contributed by atoms with E-state index in [2.05, 4.69) is 9.69 Å². The maximum absolute atomic E-state index is 11.7. The van der Waals surface area contributed by atoms with E-state index in [-0.39, 0.29) is 11.7 Å². The molecule has 0 saturated heterocycles. The van der Waals surface area contributed by atoms with Crippen LogP contribution in [0, 0.1) is 6.92 Å². The Hall–Kier alpha value is -1.88. The highest BCUT2D eigenvalue weighted by atomic mass is 32.1. The summed E-state index contributed by atoms with van der Waals surface area (Å²) in [6.07, 6.45) is 0. The second-order valence-electron chi connectivity index (χ2n) is 3.32. The summed E-state index contributed by atoms with van der Waals surface area (Å²) >= 11 is 1.29. The molecule has 0 unspecified atom stereocenters. The average molecular weight is 234 g/mol. The molecular weight excluding hydrogens is 224 g/mol. The zero-order valence-electron chi connectivity index (χ0n) is 8.60. The zero-order valence-corrected chi connectivity index (χ0v) is 9.41. The van der Waals surface area contributed by atoms with E-state index >= 15 is 0 Å². The molecule has 1 heterocycles. The van der Waals surface area contributed by atoms with Gasteiger partial charge in [-0.15, -0.1) is 0 Å². The Morgan fingerprint density at radius 3 is 2.62 bits per heavy atom. The van der Waals surface area contributed by atoms with Gasteiger partial charge >= 0.3 is 0 Å². The van der Waals surface area contributed by atoms with Gasteiger partial charge in [0.15, 0.2) is 0 Å². The summed E-state index contributed by atoms with van der Waals surface area (Å²) in [5.41, 5.74) is 1.05. The quantitative estimate of drug-likeness (QED) is 0.784. The summed E-state index contributed by atoms with van der Waals surface area (Å²) in [5, 5.41) is 11.8. The fraction of sp³-hybridized carbons (Fsp3) is 0.0909. The molecule has 0 aliphatic rings. The molecular formula is C11H10N2O2S. The molecule has 2 N–H and O–H groups in total. The summed E-state index contributed by atoms with van der Waals surface area (Å²) in [6, 6.07) is 8.03. The number of aromatic nitrogens is 1. The van der Waals surface area contributed by atoms with Crippen molar-refractivity contribution in [2.75, 3.05) is 5.32 Å². The fourth-order valence-electron chi connectivity index (χ4n) is 1.21. The molecule has 1 aromatic carbocycles. The Bertz CT molecular complexity index is 505. The van der Waals surface area contributed by atoms with Crippen molar-refractivity contribution < 1.29 is 9.90 Å². The number of amides is 1. The number of phenols is 1. The normalized spacial score (nSPS) is 10.1. The Morgan fingerprint density at radius 1 is 1.38 bits per heavy atom. The van der Waals surface area contributed by atoms with E-state index in [1.54, 1.807) is 18.2 Å². The second-order valence-corrected chi connectivity index (χ2v) is 4.33. The molecule has 2 rings (SSSR count). The van der Waals surface area contributed by atoms with Crippen LogP contribution < -0.4 is 5.32 Å². The predicted octanol–water partition coefficient (Wildman–Crippen LogP) is 2.41. The van der Waals surface area contributed by atoms with Crippen molar-refractivity contribution in [3.63, 3.8) is 0 Å². The van der Waals surface area contributed by atoms with Crippen LogP contribution in [-0.4, -0.2) is 15.4 Å². The average Bonchev–Trinajstić information content (AvgIpc) is 2.68. The minimum atomic E-state index is -0.241. The van der Waals surface area contributed by atoms with Crippen LogP contribution in [0.25, 0.3) is 0 Å². The van der Waals surface area contributed by atoms with Crippen molar-refractivity contribution >= 4 is 23.1 Å². The van der Waals surface area contributed by atoms with Gasteiger partial charge < -0.3 is 10.4 Å². The molecule has 0 fully saturated rings. The molecule has 0 bridgehead atoms. The molecule has 4 nitrogen and oxygen atoms in total. The first-order valence-electron chi connectivity index (χ1n) is 4.69. The Morgan fingerprint density at radius 2 is 2.06 bits per heavy atom. The van der Waals surface area contributed by atoms with Gasteiger partial charge in [0.1, 0.15) is 11.4 Å². The number of hydrogen-bond donors (Lipinski definition) is 2. The molecule has 0 saturated carbocycles. The highest BCUT2D eigenvalue weighted by Crippen LogP contribution is 2.15. The first kappa shape index (κ1) is 10.6. The van der Waals surface area contributed by atoms with Crippen molar-refractivity contribution in [2.45, 2.75) is 6.92 Å². The third-order valence-electron chi connectivity index (χ3n) is 1.99. The number of phenolic OH excluding ortho intramolecular Hbond substituents is 1. The number of carbonyl (C=O) groups excluding carboxylic acids is 1. The van der Waals surface area contributed by atoms with Crippen LogP contribution in [0.2, 0.25) is 0 Å². The Labute approximate surface area is 96.7 Å². The van der Waals surface area contributed by atoms with E-state index in [1.165, 1.54) is 23.7 Å². The lowest BCUT2D eigenvalue weighted by atomic mass is 10.3. The standard InChI is InChI=1S/C11H10N2O2S/c1-7-6-10(13-16-7)11(15)12-8-2-4-9(14)5-3-8/h2-6,14H,1H3,(H,12,15). The van der Waals surface area contributed by atoms with E-state index in [0.717, 1.165) is 4.88 Å². The van der Waals surface area contributed by atoms with Gasteiger partial charge in [-0.3, -0.25) is 4.79 Å². The van der Waals surface area contributed by atoms with Gasteiger partial charge in [0.2, 0.25) is 0 Å². The lowest BCUT2D eigenvalue weighted by Gasteiger charge is -2.02. The highest BCUT2D eigenvalue weighted by molar-refractivity contribution is 7.05. The van der Waals surface area contributed by atoms with Crippen molar-refractivity contribution in [1.82, 2.24) is 4.37 Å². The largest absolute Gasteiger partial charge is 0.508 e. The van der Waals surface area contributed by atoms with Crippen molar-refractivity contribution in [3.8, 4) is 5.75 Å². The van der Waals surface area contributed by atoms with Gasteiger partial charge in [-0.05, 0) is 48.8 Å². The van der Waals surface area contributed by atoms with Crippen molar-refractivity contribution in [3.05, 3.63) is 40.9 Å². The van der Waals surface area contributed by atoms with Crippen LogP contribution in [-0.2, 0) is 0 Å². The van der Waals surface area contributed by atoms with E-state index in [4.69, 9.17) is 5.11 Å². The number of aryl methyl sites for hydroxylation is 1. The molecule has 0 aliphatic carbocycles. The Balaban J connectivity index is 2.10. The monoisotopic (exact) mass is 234 g/mol. The number of rotatable bonds is 2. The summed E-state index contributed by atoms with van der Waals surface area (Å²) < 4.78 is 4.01. The lowest BCUT2D eigenvalue weighted by Crippen LogP contribution is -2.11. The molecule has 0 spiro atoms. The lowest BCUT2D eigenvalue weighted by molar-refractivity contribution is 0.102. The number of hydrogen-bond acceptors (Lipinski definition) is 4. The van der Waals surface area contributed by atoms with E-state index < -0.39 is 0 Å². The minimum absolute atomic E-state index is 0.169. The van der Waals surface area contributed by atoms with E-state index in [0.29, 0.717) is 11.4 Å². The summed E-state index contributed by atoms with van der Waals surface area (Å²) in [4.78, 5) is 12.7. The fourth-order valence-corrected chi connectivity index (χ4v) is 1.76. The molecule has 16 heavy (non-hydrogen) atoms. The van der Waals surface area contributed by atoms with Crippen LogP contribution in [0.1, 0.15) is 15.4 Å². The molecule has 1 amide bonds. The summed E-state index contributed by atoms with van der Waals surface area (Å²) in [6.45, 7) is 1.90. The first-order valence-corrected chi connectivity index (χ1v) is 5.46. The van der Waals surface area contributed by atoms with Gasteiger partial charge in [-0.1, -0.05) is 0 Å². The van der Waals surface area contributed by atoms with Gasteiger partial charge in [-0.2, -0.15) is 4.37 Å². The summed E-state index contributed by atoms with van der Waals surface area (Å²) in [7, 11) is 0. The predicted molar refractivity (Wildman–Crippen MR) is 62.9 cm³/mol. The molecule has 2 aromatic rings. The number of anilines is 1. The number of nitrogens with one attached hydrogen (secondary N) is 1. The number of aromatic hydroxyl groups is 1. The maximum Gasteiger partial charge on any atom is 0.275 e. The molecule has 0 radical (unpaired) electrons. The third-order valence-corrected chi connectivity index (χ3v) is 2.68. The topological polar surface area (TPSA) is 62.2 Å². The summed E-state index contributed by atoms with van der Waals surface area (Å²) in [5.74, 6) is -0.0717. The molecule has 1 aromatic heterocycles. The van der Waals surface area contributed by atoms with Crippen LogP contribution in [0.5, 0.6) is 5.75 Å². The van der Waals surface area contributed by atoms with Gasteiger partial charge in [0.25, 0.3) is 5.91 Å². The highest BCUT2D eigenvalue weighted by Gasteiger charge is 2.09. The van der Waals surface area contributed by atoms with E-state index in [1.807, 2.05) is 6.92 Å². The number of carbonyl (C=O) groups is 1. The van der Waals surface area contributed by atoms with Crippen LogP contribution in [0.15, 0.2) is 30.3 Å². The molecule has 0 atom stereocenters. The Kier molecular flexibility index (Phi) is 2.87. The maximum atomic E-state index is 11.7. The zero-order chi connectivity index (χ0) is 11.5.